The van der Waals surface area contributed by atoms with E-state index in [0.29, 0.717) is 23.9 Å². The van der Waals surface area contributed by atoms with Crippen molar-refractivity contribution in [1.29, 1.82) is 0 Å². The van der Waals surface area contributed by atoms with Crippen molar-refractivity contribution in [3.8, 4) is 5.75 Å². The van der Waals surface area contributed by atoms with Crippen LogP contribution in [0.1, 0.15) is 49.7 Å². The van der Waals surface area contributed by atoms with E-state index in [0.717, 1.165) is 29.7 Å². The third kappa shape index (κ3) is 6.72. The summed E-state index contributed by atoms with van der Waals surface area (Å²) in [5.74, 6) is 0.681. The highest BCUT2D eigenvalue weighted by Gasteiger charge is 2.18. The van der Waals surface area contributed by atoms with Crippen molar-refractivity contribution in [3.05, 3.63) is 53.6 Å². The first-order valence-electron chi connectivity index (χ1n) is 10.8. The van der Waals surface area contributed by atoms with E-state index in [9.17, 15) is 13.2 Å². The minimum absolute atomic E-state index is 0.141. The van der Waals surface area contributed by atoms with Crippen LogP contribution < -0.4 is 14.4 Å². The van der Waals surface area contributed by atoms with E-state index in [1.807, 2.05) is 50.2 Å². The molecule has 0 unspecified atom stereocenters. The summed E-state index contributed by atoms with van der Waals surface area (Å²) in [7, 11) is -3.43. The van der Waals surface area contributed by atoms with E-state index in [1.54, 1.807) is 6.07 Å². The molecule has 2 aromatic carbocycles. The molecular weight excluding hydrogens is 412 g/mol. The normalized spacial score (nSPS) is 14.4. The van der Waals surface area contributed by atoms with Crippen LogP contribution in [0.4, 0.5) is 11.4 Å². The summed E-state index contributed by atoms with van der Waals surface area (Å²) in [6.45, 7) is 4.20. The summed E-state index contributed by atoms with van der Waals surface area (Å²) >= 11 is 0. The van der Waals surface area contributed by atoms with Gasteiger partial charge in [0.25, 0.3) is 0 Å². The van der Waals surface area contributed by atoms with Crippen LogP contribution in [0.2, 0.25) is 0 Å². The molecule has 3 rings (SSSR count). The number of hydrogen-bond donors (Lipinski definition) is 1. The van der Waals surface area contributed by atoms with Gasteiger partial charge in [-0.25, -0.2) is 8.42 Å². The Morgan fingerprint density at radius 1 is 1.06 bits per heavy atom. The van der Waals surface area contributed by atoms with E-state index < -0.39 is 10.0 Å². The van der Waals surface area contributed by atoms with Gasteiger partial charge in [0.05, 0.1) is 18.0 Å². The van der Waals surface area contributed by atoms with Crippen LogP contribution in [0.3, 0.4) is 0 Å². The highest BCUT2D eigenvalue weighted by molar-refractivity contribution is 7.92. The summed E-state index contributed by atoms with van der Waals surface area (Å²) in [6.07, 6.45) is 6.80. The van der Waals surface area contributed by atoms with E-state index in [1.165, 1.54) is 23.4 Å². The summed E-state index contributed by atoms with van der Waals surface area (Å²) in [5, 5.41) is 2.87. The Labute approximate surface area is 185 Å². The second-order valence-electron chi connectivity index (χ2n) is 8.30. The van der Waals surface area contributed by atoms with Gasteiger partial charge in [-0.2, -0.15) is 0 Å². The van der Waals surface area contributed by atoms with Gasteiger partial charge in [0.1, 0.15) is 5.75 Å². The lowest BCUT2D eigenvalue weighted by atomic mass is 10.1. The number of hydrogen-bond acceptors (Lipinski definition) is 4. The maximum atomic E-state index is 12.3. The number of rotatable bonds is 9. The number of amides is 1. The molecule has 168 valence electrons. The molecular formula is C24H32N2O4S. The number of aryl methyl sites for hydroxylation is 2. The van der Waals surface area contributed by atoms with Gasteiger partial charge in [-0.1, -0.05) is 6.07 Å². The number of sulfonamides is 1. The van der Waals surface area contributed by atoms with Gasteiger partial charge in [0.15, 0.2) is 0 Å². The van der Waals surface area contributed by atoms with Crippen molar-refractivity contribution in [2.75, 3.05) is 22.4 Å². The Bertz CT molecular complexity index is 997. The molecule has 31 heavy (non-hydrogen) atoms. The van der Waals surface area contributed by atoms with Gasteiger partial charge in [0, 0.05) is 18.7 Å². The first-order chi connectivity index (χ1) is 14.7. The fraction of sp³-hybridized carbons (Fsp3) is 0.458. The van der Waals surface area contributed by atoms with Crippen LogP contribution in [0, 0.1) is 13.8 Å². The highest BCUT2D eigenvalue weighted by atomic mass is 32.2. The molecule has 2 aromatic rings. The lowest BCUT2D eigenvalue weighted by Crippen LogP contribution is -2.31. The quantitative estimate of drug-likeness (QED) is 0.602. The molecule has 0 saturated heterocycles. The van der Waals surface area contributed by atoms with Gasteiger partial charge in [-0.15, -0.1) is 0 Å². The fourth-order valence-corrected chi connectivity index (χ4v) is 4.75. The maximum Gasteiger partial charge on any atom is 0.232 e. The van der Waals surface area contributed by atoms with Gasteiger partial charge in [-0.3, -0.25) is 9.10 Å². The maximum absolute atomic E-state index is 12.3. The topological polar surface area (TPSA) is 75.7 Å². The molecule has 7 heteroatoms. The summed E-state index contributed by atoms with van der Waals surface area (Å²) < 4.78 is 31.8. The van der Waals surface area contributed by atoms with Crippen LogP contribution in [-0.4, -0.2) is 33.2 Å². The van der Waals surface area contributed by atoms with E-state index in [2.05, 4.69) is 5.32 Å². The summed E-state index contributed by atoms with van der Waals surface area (Å²) in [6, 6.07) is 13.0. The first kappa shape index (κ1) is 23.1. The average Bonchev–Trinajstić information content (AvgIpc) is 3.21. The Hall–Kier alpha value is -2.54. The molecule has 1 fully saturated rings. The average molecular weight is 445 g/mol. The van der Waals surface area contributed by atoms with Crippen LogP contribution in [0.25, 0.3) is 0 Å². The molecule has 1 aliphatic rings. The Balaban J connectivity index is 1.51. The largest absolute Gasteiger partial charge is 0.490 e. The fourth-order valence-electron chi connectivity index (χ4n) is 3.79. The van der Waals surface area contributed by atoms with Gasteiger partial charge >= 0.3 is 0 Å². The zero-order valence-electron chi connectivity index (χ0n) is 18.6. The van der Waals surface area contributed by atoms with E-state index in [4.69, 9.17) is 4.74 Å². The monoisotopic (exact) mass is 444 g/mol. The number of anilines is 2. The number of carbonyl (C=O) groups excluding carboxylic acids is 1. The van der Waals surface area contributed by atoms with Crippen LogP contribution in [0.15, 0.2) is 42.5 Å². The molecule has 1 N–H and O–H groups in total. The van der Waals surface area contributed by atoms with Crippen molar-refractivity contribution >= 4 is 27.3 Å². The molecule has 0 radical (unpaired) electrons. The predicted molar refractivity (Wildman–Crippen MR) is 125 cm³/mol. The van der Waals surface area contributed by atoms with Crippen molar-refractivity contribution in [2.45, 2.75) is 58.5 Å². The van der Waals surface area contributed by atoms with Crippen LogP contribution in [-0.2, 0) is 14.8 Å². The Kier molecular flexibility index (Phi) is 7.59. The smallest absolute Gasteiger partial charge is 0.232 e. The third-order valence-corrected chi connectivity index (χ3v) is 6.88. The number of ether oxygens (including phenoxy) is 1. The molecule has 0 spiro atoms. The predicted octanol–water partition coefficient (Wildman–Crippen LogP) is 4.81. The number of nitrogens with one attached hydrogen (secondary N) is 1. The van der Waals surface area contributed by atoms with Gasteiger partial charge < -0.3 is 10.1 Å². The van der Waals surface area contributed by atoms with Crippen molar-refractivity contribution < 1.29 is 17.9 Å². The SMILES string of the molecule is Cc1ccc(N(CCCC(=O)Nc2ccc(OC3CCCC3)cc2)S(C)(=O)=O)cc1C. The van der Waals surface area contributed by atoms with Crippen molar-refractivity contribution in [3.63, 3.8) is 0 Å². The molecule has 0 aromatic heterocycles. The van der Waals surface area contributed by atoms with Crippen LogP contribution >= 0.6 is 0 Å². The molecule has 0 bridgehead atoms. The number of nitrogens with zero attached hydrogens (tertiary/aromatic N) is 1. The molecule has 1 aliphatic carbocycles. The van der Waals surface area contributed by atoms with E-state index in [-0.39, 0.29) is 18.9 Å². The zero-order chi connectivity index (χ0) is 22.4. The Morgan fingerprint density at radius 2 is 1.74 bits per heavy atom. The lowest BCUT2D eigenvalue weighted by Gasteiger charge is -2.23. The van der Waals surface area contributed by atoms with Crippen molar-refractivity contribution in [2.24, 2.45) is 0 Å². The Morgan fingerprint density at radius 3 is 2.35 bits per heavy atom. The summed E-state index contributed by atoms with van der Waals surface area (Å²) in [4.78, 5) is 12.3. The van der Waals surface area contributed by atoms with E-state index >= 15 is 0 Å². The second kappa shape index (κ2) is 10.2. The molecule has 6 nitrogen and oxygen atoms in total. The molecule has 0 aliphatic heterocycles. The molecule has 0 heterocycles. The molecule has 1 saturated carbocycles. The van der Waals surface area contributed by atoms with Gasteiger partial charge in [0.2, 0.25) is 15.9 Å². The number of benzene rings is 2. The summed E-state index contributed by atoms with van der Waals surface area (Å²) in [5.41, 5.74) is 3.47. The minimum atomic E-state index is -3.43. The van der Waals surface area contributed by atoms with Gasteiger partial charge in [-0.05, 0) is 93.5 Å². The van der Waals surface area contributed by atoms with Crippen LogP contribution in [0.5, 0.6) is 5.75 Å². The van der Waals surface area contributed by atoms with Crippen molar-refractivity contribution in [1.82, 2.24) is 0 Å². The highest BCUT2D eigenvalue weighted by Crippen LogP contribution is 2.25. The lowest BCUT2D eigenvalue weighted by molar-refractivity contribution is -0.116. The third-order valence-electron chi connectivity index (χ3n) is 5.69. The molecule has 1 amide bonds. The standard InChI is InChI=1S/C24H32N2O4S/c1-18-10-13-21(17-19(18)2)26(31(3,28)29)16-6-9-24(27)25-20-11-14-23(15-12-20)30-22-7-4-5-8-22/h10-15,17,22H,4-9,16H2,1-3H3,(H,25,27). The number of carbonyl (C=O) groups is 1. The molecule has 0 atom stereocenters. The zero-order valence-corrected chi connectivity index (χ0v) is 19.4. The second-order valence-corrected chi connectivity index (χ2v) is 10.2. The minimum Gasteiger partial charge on any atom is -0.490 e. The first-order valence-corrected chi connectivity index (χ1v) is 12.7.